The summed E-state index contributed by atoms with van der Waals surface area (Å²) in [5, 5.41) is 3.15. The fourth-order valence-electron chi connectivity index (χ4n) is 2.03. The molecule has 0 saturated carbocycles. The second-order valence-electron chi connectivity index (χ2n) is 4.23. The summed E-state index contributed by atoms with van der Waals surface area (Å²) in [5.41, 5.74) is 1.77. The average molecular weight is 251 g/mol. The zero-order valence-electron chi connectivity index (χ0n) is 10.3. The van der Waals surface area contributed by atoms with Crippen LogP contribution in [-0.4, -0.2) is 7.05 Å². The largest absolute Gasteiger partial charge is 0.469 e. The van der Waals surface area contributed by atoms with Crippen LogP contribution in [0.25, 0.3) is 0 Å². The van der Waals surface area contributed by atoms with Gasteiger partial charge in [0.1, 0.15) is 5.76 Å². The highest BCUT2D eigenvalue weighted by Gasteiger charge is 2.15. The van der Waals surface area contributed by atoms with Gasteiger partial charge in [-0.05, 0) is 44.2 Å². The maximum atomic E-state index is 13.1. The Labute approximate surface area is 105 Å². The molecule has 1 aromatic heterocycles. The number of benzene rings is 1. The summed E-state index contributed by atoms with van der Waals surface area (Å²) in [6.07, 6.45) is 2.20. The van der Waals surface area contributed by atoms with E-state index in [9.17, 15) is 8.78 Å². The van der Waals surface area contributed by atoms with Crippen LogP contribution >= 0.6 is 0 Å². The van der Waals surface area contributed by atoms with Gasteiger partial charge in [0.15, 0.2) is 11.6 Å². The normalized spacial score (nSPS) is 12.7. The van der Waals surface area contributed by atoms with Crippen LogP contribution in [0.4, 0.5) is 8.78 Å². The molecule has 4 heteroatoms. The molecule has 0 spiro atoms. The quantitative estimate of drug-likeness (QED) is 0.901. The lowest BCUT2D eigenvalue weighted by Crippen LogP contribution is -2.19. The van der Waals surface area contributed by atoms with Crippen molar-refractivity contribution in [1.82, 2.24) is 5.32 Å². The molecule has 0 saturated heterocycles. The maximum Gasteiger partial charge on any atom is 0.159 e. The Balaban J connectivity index is 2.20. The minimum Gasteiger partial charge on any atom is -0.469 e. The summed E-state index contributed by atoms with van der Waals surface area (Å²) in [6, 6.07) is 5.89. The molecule has 2 nitrogen and oxygen atoms in total. The third-order valence-electron chi connectivity index (χ3n) is 3.05. The van der Waals surface area contributed by atoms with Gasteiger partial charge in [0, 0.05) is 11.6 Å². The second-order valence-corrected chi connectivity index (χ2v) is 4.23. The first kappa shape index (κ1) is 12.8. The molecule has 0 radical (unpaired) electrons. The smallest absolute Gasteiger partial charge is 0.159 e. The number of aryl methyl sites for hydroxylation is 1. The van der Waals surface area contributed by atoms with E-state index in [4.69, 9.17) is 4.42 Å². The topological polar surface area (TPSA) is 25.2 Å². The van der Waals surface area contributed by atoms with E-state index in [2.05, 4.69) is 5.32 Å². The Hall–Kier alpha value is -1.68. The molecule has 0 aliphatic heterocycles. The van der Waals surface area contributed by atoms with Crippen molar-refractivity contribution in [1.29, 1.82) is 0 Å². The predicted molar refractivity (Wildman–Crippen MR) is 65.3 cm³/mol. The van der Waals surface area contributed by atoms with Gasteiger partial charge in [-0.3, -0.25) is 0 Å². The number of hydrogen-bond donors (Lipinski definition) is 1. The predicted octanol–water partition coefficient (Wildman–Crippen LogP) is 3.37. The standard InChI is InChI=1S/C14H15F2NO/c1-9-11(5-6-18-9)14(17-2)8-10-3-4-12(15)13(16)7-10/h3-7,14,17H,8H2,1-2H3. The van der Waals surface area contributed by atoms with E-state index in [-0.39, 0.29) is 6.04 Å². The minimum absolute atomic E-state index is 0.0219. The molecular weight excluding hydrogens is 236 g/mol. The van der Waals surface area contributed by atoms with Crippen LogP contribution in [0, 0.1) is 18.6 Å². The molecule has 1 N–H and O–H groups in total. The molecule has 18 heavy (non-hydrogen) atoms. The SMILES string of the molecule is CNC(Cc1ccc(F)c(F)c1)c1ccoc1C. The van der Waals surface area contributed by atoms with E-state index in [1.807, 2.05) is 20.0 Å². The Morgan fingerprint density at radius 2 is 2.00 bits per heavy atom. The van der Waals surface area contributed by atoms with Gasteiger partial charge in [-0.15, -0.1) is 0 Å². The lowest BCUT2D eigenvalue weighted by atomic mass is 9.99. The fourth-order valence-corrected chi connectivity index (χ4v) is 2.03. The van der Waals surface area contributed by atoms with E-state index >= 15 is 0 Å². The van der Waals surface area contributed by atoms with E-state index in [1.54, 1.807) is 12.3 Å². The van der Waals surface area contributed by atoms with Crippen LogP contribution in [0.1, 0.15) is 22.9 Å². The van der Waals surface area contributed by atoms with Crippen LogP contribution in [0.2, 0.25) is 0 Å². The van der Waals surface area contributed by atoms with Gasteiger partial charge in [-0.1, -0.05) is 6.07 Å². The molecule has 0 fully saturated rings. The Bertz CT molecular complexity index is 536. The van der Waals surface area contributed by atoms with Crippen LogP contribution in [0.15, 0.2) is 34.9 Å². The van der Waals surface area contributed by atoms with Gasteiger partial charge in [0.2, 0.25) is 0 Å². The Kier molecular flexibility index (Phi) is 3.77. The summed E-state index contributed by atoms with van der Waals surface area (Å²) in [6.45, 7) is 1.88. The van der Waals surface area contributed by atoms with Crippen LogP contribution in [-0.2, 0) is 6.42 Å². The molecule has 0 aliphatic rings. The van der Waals surface area contributed by atoms with E-state index < -0.39 is 11.6 Å². The first-order valence-electron chi connectivity index (χ1n) is 5.77. The Morgan fingerprint density at radius 1 is 1.22 bits per heavy atom. The molecule has 2 aromatic rings. The highest BCUT2D eigenvalue weighted by Crippen LogP contribution is 2.23. The summed E-state index contributed by atoms with van der Waals surface area (Å²) < 4.78 is 31.2. The third kappa shape index (κ3) is 2.59. The molecule has 1 atom stereocenters. The molecule has 0 aliphatic carbocycles. The van der Waals surface area contributed by atoms with Crippen LogP contribution in [0.5, 0.6) is 0 Å². The van der Waals surface area contributed by atoms with Crippen molar-refractivity contribution in [3.8, 4) is 0 Å². The van der Waals surface area contributed by atoms with Gasteiger partial charge in [-0.25, -0.2) is 8.78 Å². The zero-order chi connectivity index (χ0) is 13.1. The molecule has 2 rings (SSSR count). The first-order chi connectivity index (χ1) is 8.61. The van der Waals surface area contributed by atoms with Crippen molar-refractivity contribution in [2.75, 3.05) is 7.05 Å². The number of rotatable bonds is 4. The number of nitrogens with one attached hydrogen (secondary N) is 1. The monoisotopic (exact) mass is 251 g/mol. The third-order valence-corrected chi connectivity index (χ3v) is 3.05. The van der Waals surface area contributed by atoms with Gasteiger partial charge in [0.25, 0.3) is 0 Å². The molecule has 0 bridgehead atoms. The maximum absolute atomic E-state index is 13.1. The molecule has 1 unspecified atom stereocenters. The van der Waals surface area contributed by atoms with Crippen molar-refractivity contribution < 1.29 is 13.2 Å². The highest BCUT2D eigenvalue weighted by atomic mass is 19.2. The summed E-state index contributed by atoms with van der Waals surface area (Å²) >= 11 is 0. The van der Waals surface area contributed by atoms with Crippen molar-refractivity contribution in [2.24, 2.45) is 0 Å². The van der Waals surface area contributed by atoms with Crippen molar-refractivity contribution in [3.63, 3.8) is 0 Å². The number of furan rings is 1. The van der Waals surface area contributed by atoms with Gasteiger partial charge >= 0.3 is 0 Å². The van der Waals surface area contributed by atoms with E-state index in [0.717, 1.165) is 23.0 Å². The van der Waals surface area contributed by atoms with Gasteiger partial charge in [0.05, 0.1) is 6.26 Å². The van der Waals surface area contributed by atoms with E-state index in [1.165, 1.54) is 6.07 Å². The average Bonchev–Trinajstić information content (AvgIpc) is 2.77. The zero-order valence-corrected chi connectivity index (χ0v) is 10.3. The fraction of sp³-hybridized carbons (Fsp3) is 0.286. The molecular formula is C14H15F2NO. The number of hydrogen-bond acceptors (Lipinski definition) is 2. The van der Waals surface area contributed by atoms with Crippen LogP contribution < -0.4 is 5.32 Å². The van der Waals surface area contributed by atoms with Crippen molar-refractivity contribution >= 4 is 0 Å². The summed E-state index contributed by atoms with van der Waals surface area (Å²) in [5.74, 6) is -0.803. The number of likely N-dealkylation sites (N-methyl/N-ethyl adjacent to an activating group) is 1. The minimum atomic E-state index is -0.820. The Morgan fingerprint density at radius 3 is 2.56 bits per heavy atom. The first-order valence-corrected chi connectivity index (χ1v) is 5.77. The second kappa shape index (κ2) is 5.31. The van der Waals surface area contributed by atoms with Crippen molar-refractivity contribution in [3.05, 3.63) is 59.1 Å². The summed E-state index contributed by atoms with van der Waals surface area (Å²) in [7, 11) is 1.83. The molecule has 96 valence electrons. The molecule has 1 aromatic carbocycles. The van der Waals surface area contributed by atoms with Gasteiger partial charge < -0.3 is 9.73 Å². The van der Waals surface area contributed by atoms with Crippen LogP contribution in [0.3, 0.4) is 0 Å². The lowest BCUT2D eigenvalue weighted by Gasteiger charge is -2.15. The van der Waals surface area contributed by atoms with E-state index in [0.29, 0.717) is 6.42 Å². The molecule has 0 amide bonds. The molecule has 1 heterocycles. The highest BCUT2D eigenvalue weighted by molar-refractivity contribution is 5.25. The van der Waals surface area contributed by atoms with Crippen molar-refractivity contribution in [2.45, 2.75) is 19.4 Å². The number of halogens is 2. The lowest BCUT2D eigenvalue weighted by molar-refractivity contribution is 0.500. The van der Waals surface area contributed by atoms with Gasteiger partial charge in [-0.2, -0.15) is 0 Å². The summed E-state index contributed by atoms with van der Waals surface area (Å²) in [4.78, 5) is 0.